The van der Waals surface area contributed by atoms with Gasteiger partial charge in [-0.25, -0.2) is 0 Å². The topological polar surface area (TPSA) is 179 Å². The first-order valence-electron chi connectivity index (χ1n) is 20.3. The number of aliphatic hydroxyl groups excluding tert-OH is 7. The molecule has 0 saturated carbocycles. The van der Waals surface area contributed by atoms with Crippen LogP contribution in [0.15, 0.2) is 0 Å². The van der Waals surface area contributed by atoms with E-state index in [9.17, 15) is 10.2 Å². The number of aliphatic hydroxyl groups is 7. The van der Waals surface area contributed by atoms with Gasteiger partial charge >= 0.3 is 0 Å². The fourth-order valence-electron chi connectivity index (χ4n) is 3.33. The van der Waals surface area contributed by atoms with Gasteiger partial charge in [0.1, 0.15) is 0 Å². The zero-order chi connectivity index (χ0) is 47.8. The van der Waals surface area contributed by atoms with Crippen molar-refractivity contribution in [2.45, 2.75) is 53.2 Å². The molecule has 3 saturated heterocycles. The predicted molar refractivity (Wildman–Crippen MR) is 323 cm³/mol. The van der Waals surface area contributed by atoms with E-state index in [-0.39, 0.29) is 57.3 Å². The van der Waals surface area contributed by atoms with Crippen LogP contribution in [0.4, 0.5) is 0 Å². The number of hydrogen-bond donors (Lipinski definition) is 12. The van der Waals surface area contributed by atoms with Crippen molar-refractivity contribution in [2.75, 3.05) is 167 Å². The molecule has 3 heterocycles. The first-order valence-corrected chi connectivity index (χ1v) is 34.1. The van der Waals surface area contributed by atoms with E-state index in [0.717, 1.165) is 54.3 Å². The Bertz CT molecular complexity index is 830. The number of halogens is 3. The number of alkyl halides is 3. The second kappa shape index (κ2) is 60.9. The summed E-state index contributed by atoms with van der Waals surface area (Å²) in [6, 6.07) is 0. The molecular weight excluding hydrogens is 1160 g/mol. The first kappa shape index (κ1) is 75.9. The van der Waals surface area contributed by atoms with E-state index in [1.807, 2.05) is 47.0 Å². The molecule has 0 aliphatic carbocycles. The molecule has 3 aliphatic rings. The summed E-state index contributed by atoms with van der Waals surface area (Å²) in [5, 5.41) is 63.3. The molecular formula is C37H79Cl3O10S14. The molecule has 3 rings (SSSR count). The van der Waals surface area contributed by atoms with E-state index >= 15 is 0 Å². The average molecular weight is 1240 g/mol. The average Bonchev–Trinajstić information content (AvgIpc) is 4.14. The monoisotopic (exact) mass is 1240 g/mol. The highest BCUT2D eigenvalue weighted by Crippen LogP contribution is 2.23. The lowest BCUT2D eigenvalue weighted by molar-refractivity contribution is 0.218. The van der Waals surface area contributed by atoms with Gasteiger partial charge in [0.25, 0.3) is 0 Å². The Labute approximate surface area is 470 Å². The number of hydrogen-bond acceptors (Lipinski definition) is 23. The third kappa shape index (κ3) is 65.4. The molecule has 3 aliphatic heterocycles. The quantitative estimate of drug-likeness (QED) is 0.0161. The highest BCUT2D eigenvalue weighted by Gasteiger charge is 2.26. The predicted octanol–water partition coefficient (Wildman–Crippen LogP) is 5.62. The fraction of sp³-hybridized carbons (Fsp3) is 1.00. The Kier molecular flexibility index (Phi) is 72.2. The molecule has 7 N–H and O–H groups in total. The normalized spacial score (nSPS) is 19.3. The molecule has 0 aromatic carbocycles. The lowest BCUT2D eigenvalue weighted by atomic mass is 10.5. The summed E-state index contributed by atoms with van der Waals surface area (Å²) in [5.74, 6) is 17.4. The van der Waals surface area contributed by atoms with Gasteiger partial charge in [-0.05, 0) is 11.5 Å². The van der Waals surface area contributed by atoms with Crippen LogP contribution in [0.5, 0.6) is 0 Å². The molecule has 3 fully saturated rings. The zero-order valence-electron chi connectivity index (χ0n) is 36.5. The lowest BCUT2D eigenvalue weighted by Gasteiger charge is -2.16. The van der Waals surface area contributed by atoms with Crippen molar-refractivity contribution >= 4 is 206 Å². The summed E-state index contributed by atoms with van der Waals surface area (Å²) in [5.41, 5.74) is 0. The molecule has 0 aromatic heterocycles. The summed E-state index contributed by atoms with van der Waals surface area (Å²) in [6.07, 6.45) is -0.171. The van der Waals surface area contributed by atoms with Crippen LogP contribution in [0.3, 0.4) is 0 Å². The Morgan fingerprint density at radius 2 is 0.781 bits per heavy atom. The summed E-state index contributed by atoms with van der Waals surface area (Å²) in [7, 11) is 0. The van der Waals surface area contributed by atoms with Crippen LogP contribution in [-0.2, 0) is 14.2 Å². The van der Waals surface area contributed by atoms with Crippen LogP contribution in [0.2, 0.25) is 0 Å². The molecule has 0 bridgehead atoms. The van der Waals surface area contributed by atoms with Gasteiger partial charge in [-0.3, -0.25) is 0 Å². The van der Waals surface area contributed by atoms with E-state index in [1.165, 1.54) is 70.1 Å². The standard InChI is InChI=1S/C10H22O4S3.C10H22S7.C6H12Cl2O2S.C6H10O2S.C3H5ClO.C2H6OS.H2S/c11-1-3-15-5-9(13)7-17-8-10(14)6-16-4-2-12;11-1-3-16-9(5-13)7-15-8-10(6-14)17-4-2-12;7-1-5(9)3-11-4-6(10)2-8;1-5(7-1)3-9-4-6-2-8-6;4-1-3-2-5-3;3-1-2-4;/h2*9-14H,1-8H2;5-6,9-10H,1-4H2;5-6H,1-4H2;3H,1-2H2;3-4H,1-2H2;1H2. The first-order chi connectivity index (χ1) is 30.5. The summed E-state index contributed by atoms with van der Waals surface area (Å²) in [4.78, 5) is 0. The number of ether oxygens (including phenoxy) is 3. The molecule has 0 aromatic rings. The minimum Gasteiger partial charge on any atom is -0.396 e. The molecule has 10 nitrogen and oxygen atoms in total. The van der Waals surface area contributed by atoms with Crippen molar-refractivity contribution < 1.29 is 50.0 Å². The highest BCUT2D eigenvalue weighted by atomic mass is 35.5. The third-order valence-corrected chi connectivity index (χ3v) is 20.4. The minimum atomic E-state index is -0.482. The van der Waals surface area contributed by atoms with E-state index in [2.05, 4.69) is 63.1 Å². The maximum absolute atomic E-state index is 9.56. The SMILES string of the molecule is C1OC1CSCC1CO1.ClCC1CO1.OC(CCl)CSCC(O)CCl.OCCS.OCCSCC(O)CSCC(O)CSCCO.S.SCCSC(CS)CSCC(CS)SCCS. The molecule has 0 spiro atoms. The van der Waals surface area contributed by atoms with Gasteiger partial charge in [-0.2, -0.15) is 171 Å². The smallest absolute Gasteiger partial charge is 0.0944 e. The van der Waals surface area contributed by atoms with Crippen LogP contribution in [0.25, 0.3) is 0 Å². The molecule has 64 heavy (non-hydrogen) atoms. The number of thioether (sulfide) groups is 8. The summed E-state index contributed by atoms with van der Waals surface area (Å²) >= 11 is 50.9. The maximum Gasteiger partial charge on any atom is 0.0944 e. The van der Waals surface area contributed by atoms with Crippen molar-refractivity contribution in [3.8, 4) is 0 Å². The van der Waals surface area contributed by atoms with E-state index in [0.29, 0.717) is 86.5 Å². The van der Waals surface area contributed by atoms with E-state index < -0.39 is 12.2 Å². The largest absolute Gasteiger partial charge is 0.396 e. The van der Waals surface area contributed by atoms with Gasteiger partial charge in [0.2, 0.25) is 0 Å². The highest BCUT2D eigenvalue weighted by molar-refractivity contribution is 8.06. The number of thiol groups is 5. The van der Waals surface area contributed by atoms with Gasteiger partial charge in [0.05, 0.1) is 88.2 Å². The van der Waals surface area contributed by atoms with E-state index in [4.69, 9.17) is 74.5 Å². The van der Waals surface area contributed by atoms with Crippen LogP contribution in [0.1, 0.15) is 0 Å². The molecule has 0 radical (unpaired) electrons. The summed E-state index contributed by atoms with van der Waals surface area (Å²) in [6.45, 7) is 3.32. The third-order valence-electron chi connectivity index (χ3n) is 6.68. The van der Waals surface area contributed by atoms with Crippen LogP contribution in [0, 0.1) is 0 Å². The van der Waals surface area contributed by atoms with Gasteiger partial charge in [-0.15, -0.1) is 34.8 Å². The van der Waals surface area contributed by atoms with Crippen molar-refractivity contribution in [1.82, 2.24) is 0 Å². The van der Waals surface area contributed by atoms with Gasteiger partial charge < -0.3 is 50.0 Å². The van der Waals surface area contributed by atoms with Crippen molar-refractivity contribution in [3.63, 3.8) is 0 Å². The lowest BCUT2D eigenvalue weighted by Crippen LogP contribution is -2.18. The Hall–Kier alpha value is 5.37. The molecule has 392 valence electrons. The van der Waals surface area contributed by atoms with Crippen LogP contribution >= 0.6 is 206 Å². The molecule has 0 amide bonds. The second-order valence-electron chi connectivity index (χ2n) is 12.9. The molecule has 9 unspecified atom stereocenters. The fourth-order valence-corrected chi connectivity index (χ4v) is 13.7. The Morgan fingerprint density at radius 1 is 0.453 bits per heavy atom. The van der Waals surface area contributed by atoms with Gasteiger partial charge in [-0.1, -0.05) is 0 Å². The van der Waals surface area contributed by atoms with E-state index in [1.54, 1.807) is 0 Å². The zero-order valence-corrected chi connectivity index (χ0v) is 50.8. The molecule has 9 atom stereocenters. The Morgan fingerprint density at radius 3 is 1.03 bits per heavy atom. The van der Waals surface area contributed by atoms with Crippen LogP contribution < -0.4 is 0 Å². The van der Waals surface area contributed by atoms with Gasteiger partial charge in [0.15, 0.2) is 0 Å². The Balaban J connectivity index is -0.000000356. The van der Waals surface area contributed by atoms with Crippen molar-refractivity contribution in [2.24, 2.45) is 0 Å². The second-order valence-corrected chi connectivity index (χ2v) is 25.3. The molecule has 27 heteroatoms. The van der Waals surface area contributed by atoms with Crippen molar-refractivity contribution in [1.29, 1.82) is 0 Å². The maximum atomic E-state index is 9.56. The number of rotatable bonds is 36. The van der Waals surface area contributed by atoms with Crippen LogP contribution in [-0.4, -0.2) is 256 Å². The number of epoxide rings is 3. The minimum absolute atomic E-state index is 0. The van der Waals surface area contributed by atoms with Crippen molar-refractivity contribution in [3.05, 3.63) is 0 Å². The summed E-state index contributed by atoms with van der Waals surface area (Å²) < 4.78 is 14.8. The van der Waals surface area contributed by atoms with Gasteiger partial charge in [0, 0.05) is 120 Å².